The van der Waals surface area contributed by atoms with Crippen molar-refractivity contribution in [2.75, 3.05) is 0 Å². The summed E-state index contributed by atoms with van der Waals surface area (Å²) in [5.74, 6) is 0. The Morgan fingerprint density at radius 3 is 1.43 bits per heavy atom. The summed E-state index contributed by atoms with van der Waals surface area (Å²) in [5.41, 5.74) is -0.167. The van der Waals surface area contributed by atoms with Crippen LogP contribution in [0.15, 0.2) is 0 Å². The molecule has 0 N–H and O–H groups in total. The van der Waals surface area contributed by atoms with Gasteiger partial charge in [-0.15, -0.1) is 0 Å². The third kappa shape index (κ3) is 10.7. The summed E-state index contributed by atoms with van der Waals surface area (Å²) < 4.78 is 0. The standard InChI is InChI=1S/C5H9N.Tc/c1-5(2,3)6-4;/h1-3H3;. The summed E-state index contributed by atoms with van der Waals surface area (Å²) >= 11 is 0. The molecule has 0 aromatic carbocycles. The maximum Gasteiger partial charge on any atom is 0.224 e. The molecule has 0 amide bonds. The quantitative estimate of drug-likeness (QED) is 0.501. The summed E-state index contributed by atoms with van der Waals surface area (Å²) in [7, 11) is 0. The normalized spacial score (nSPS) is 8.86. The summed E-state index contributed by atoms with van der Waals surface area (Å²) in [5, 5.41) is 0. The summed E-state index contributed by atoms with van der Waals surface area (Å²) in [6, 6.07) is 0. The molecule has 0 saturated heterocycles. The van der Waals surface area contributed by atoms with Crippen molar-refractivity contribution in [3.8, 4) is 0 Å². The Kier molecular flexibility index (Phi) is 4.63. The zero-order valence-corrected chi connectivity index (χ0v) is 6.68. The fraction of sp³-hybridized carbons (Fsp3) is 0.800. The van der Waals surface area contributed by atoms with E-state index in [1.807, 2.05) is 20.8 Å². The van der Waals surface area contributed by atoms with Gasteiger partial charge in [0.25, 0.3) is 0 Å². The maximum atomic E-state index is 6.48. The van der Waals surface area contributed by atoms with Gasteiger partial charge in [0.1, 0.15) is 0 Å². The van der Waals surface area contributed by atoms with Gasteiger partial charge in [-0.05, 0) is 0 Å². The van der Waals surface area contributed by atoms with E-state index in [0.29, 0.717) is 0 Å². The molecule has 0 unspecified atom stereocenters. The average Bonchev–Trinajstić information content (AvgIpc) is 1.35. The van der Waals surface area contributed by atoms with Gasteiger partial charge in [0, 0.05) is 40.9 Å². The molecule has 1 radical (unpaired) electrons. The number of hydrogen-bond donors (Lipinski definition) is 0. The van der Waals surface area contributed by atoms with E-state index in [-0.39, 0.29) is 25.6 Å². The Hall–Kier alpha value is 0.139. The van der Waals surface area contributed by atoms with E-state index in [0.717, 1.165) is 0 Å². The summed E-state index contributed by atoms with van der Waals surface area (Å²) in [4.78, 5) is 3.27. The SMILES string of the molecule is [C-]#[N+]C(C)(C)C.[Tc]. The molecule has 0 aliphatic carbocycles. The Bertz CT molecular complexity index is 75.1. The van der Waals surface area contributed by atoms with Crippen molar-refractivity contribution < 1.29 is 20.1 Å². The van der Waals surface area contributed by atoms with Gasteiger partial charge in [0.2, 0.25) is 5.54 Å². The fourth-order valence-electron chi connectivity index (χ4n) is 0. The maximum absolute atomic E-state index is 6.48. The van der Waals surface area contributed by atoms with Crippen LogP contribution < -0.4 is 0 Å². The van der Waals surface area contributed by atoms with Crippen LogP contribution >= 0.6 is 0 Å². The molecule has 0 aliphatic heterocycles. The molecule has 0 bridgehead atoms. The van der Waals surface area contributed by atoms with Crippen LogP contribution in [0.1, 0.15) is 20.8 Å². The van der Waals surface area contributed by atoms with Crippen molar-refractivity contribution in [1.29, 1.82) is 0 Å². The first kappa shape index (κ1) is 10.2. The third-order valence-electron chi connectivity index (χ3n) is 0.335. The van der Waals surface area contributed by atoms with Crippen molar-refractivity contribution >= 4 is 0 Å². The van der Waals surface area contributed by atoms with Crippen LogP contribution in [0.5, 0.6) is 0 Å². The molecule has 0 atom stereocenters. The molecule has 7 heavy (non-hydrogen) atoms. The van der Waals surface area contributed by atoms with Gasteiger partial charge in [-0.3, -0.25) is 0 Å². The van der Waals surface area contributed by atoms with Gasteiger partial charge < -0.3 is 4.85 Å². The first-order valence-corrected chi connectivity index (χ1v) is 1.95. The molecule has 2 heteroatoms. The predicted molar refractivity (Wildman–Crippen MR) is 26.4 cm³/mol. The third-order valence-corrected chi connectivity index (χ3v) is 0.335. The molecule has 0 spiro atoms. The molecule has 0 aliphatic rings. The van der Waals surface area contributed by atoms with E-state index in [1.165, 1.54) is 0 Å². The number of rotatable bonds is 0. The molecular formula is C5H9NTc. The van der Waals surface area contributed by atoms with Gasteiger partial charge in [-0.2, -0.15) is 0 Å². The first-order valence-electron chi connectivity index (χ1n) is 1.95. The largest absolute Gasteiger partial charge is 0.311 e. The minimum atomic E-state index is -0.167. The zero-order valence-electron chi connectivity index (χ0n) is 4.83. The second kappa shape index (κ2) is 3.18. The van der Waals surface area contributed by atoms with Gasteiger partial charge in [0.05, 0.1) is 0 Å². The topological polar surface area (TPSA) is 4.36 Å². The first-order chi connectivity index (χ1) is 2.56. The monoisotopic (exact) mass is 180 g/mol. The predicted octanol–water partition coefficient (Wildman–Crippen LogP) is 1.70. The molecule has 41 valence electrons. The van der Waals surface area contributed by atoms with Crippen LogP contribution in [0.2, 0.25) is 0 Å². The molecule has 0 rings (SSSR count). The Morgan fingerprint density at radius 1 is 1.29 bits per heavy atom. The molecule has 0 saturated carbocycles. The van der Waals surface area contributed by atoms with Crippen LogP contribution in [0.4, 0.5) is 0 Å². The molecule has 0 aromatic heterocycles. The fourth-order valence-corrected chi connectivity index (χ4v) is 0. The van der Waals surface area contributed by atoms with Crippen molar-refractivity contribution in [2.24, 2.45) is 0 Å². The Balaban J connectivity index is 0. The minimum Gasteiger partial charge on any atom is -0.311 e. The van der Waals surface area contributed by atoms with Crippen molar-refractivity contribution in [3.63, 3.8) is 0 Å². The van der Waals surface area contributed by atoms with Crippen LogP contribution in [0, 0.1) is 6.57 Å². The molecule has 1 nitrogen and oxygen atoms in total. The summed E-state index contributed by atoms with van der Waals surface area (Å²) in [6.07, 6.45) is 0. The number of hydrogen-bond acceptors (Lipinski definition) is 0. The second-order valence-corrected chi connectivity index (χ2v) is 2.28. The van der Waals surface area contributed by atoms with Crippen LogP contribution in [-0.2, 0) is 20.1 Å². The van der Waals surface area contributed by atoms with Gasteiger partial charge in [-0.25, -0.2) is 6.57 Å². The van der Waals surface area contributed by atoms with E-state index in [4.69, 9.17) is 6.57 Å². The Morgan fingerprint density at radius 2 is 1.43 bits per heavy atom. The molecule has 0 heterocycles. The van der Waals surface area contributed by atoms with Crippen LogP contribution in [-0.4, -0.2) is 5.54 Å². The van der Waals surface area contributed by atoms with Crippen LogP contribution in [0.3, 0.4) is 0 Å². The zero-order chi connectivity index (χ0) is 5.21. The van der Waals surface area contributed by atoms with E-state index >= 15 is 0 Å². The van der Waals surface area contributed by atoms with Crippen molar-refractivity contribution in [2.45, 2.75) is 26.3 Å². The number of nitrogens with zero attached hydrogens (tertiary/aromatic N) is 1. The van der Waals surface area contributed by atoms with Gasteiger partial charge in [0.15, 0.2) is 0 Å². The second-order valence-electron chi connectivity index (χ2n) is 2.28. The molecule has 0 fully saturated rings. The van der Waals surface area contributed by atoms with Gasteiger partial charge >= 0.3 is 0 Å². The van der Waals surface area contributed by atoms with E-state index in [2.05, 4.69) is 4.85 Å². The van der Waals surface area contributed by atoms with Crippen LogP contribution in [0.25, 0.3) is 4.85 Å². The Labute approximate surface area is 58.3 Å². The average molecular weight is 181 g/mol. The van der Waals surface area contributed by atoms with Crippen molar-refractivity contribution in [1.82, 2.24) is 0 Å². The molecular weight excluding hydrogens is 172 g/mol. The van der Waals surface area contributed by atoms with E-state index in [9.17, 15) is 0 Å². The van der Waals surface area contributed by atoms with Gasteiger partial charge in [-0.1, -0.05) is 0 Å². The molecule has 0 aromatic rings. The summed E-state index contributed by atoms with van der Waals surface area (Å²) in [6.45, 7) is 12.1. The van der Waals surface area contributed by atoms with E-state index in [1.54, 1.807) is 0 Å². The van der Waals surface area contributed by atoms with E-state index < -0.39 is 0 Å². The minimum absolute atomic E-state index is 0. The smallest absolute Gasteiger partial charge is 0.224 e. The van der Waals surface area contributed by atoms with Crippen molar-refractivity contribution in [3.05, 3.63) is 11.4 Å².